The molecule has 2 atom stereocenters. The molecule has 1 fully saturated rings. The van der Waals surface area contributed by atoms with Crippen molar-refractivity contribution in [3.05, 3.63) is 118 Å². The zero-order valence-electron chi connectivity index (χ0n) is 25.8. The van der Waals surface area contributed by atoms with Crippen LogP contribution in [0.15, 0.2) is 84.9 Å². The molecule has 4 aromatic rings. The van der Waals surface area contributed by atoms with Crippen molar-refractivity contribution in [2.24, 2.45) is 0 Å². The van der Waals surface area contributed by atoms with Gasteiger partial charge in [0.2, 0.25) is 0 Å². The van der Waals surface area contributed by atoms with Crippen molar-refractivity contribution in [1.29, 1.82) is 0 Å². The van der Waals surface area contributed by atoms with Crippen molar-refractivity contribution in [3.8, 4) is 23.0 Å². The lowest BCUT2D eigenvalue weighted by Gasteiger charge is -2.39. The van der Waals surface area contributed by atoms with E-state index >= 15 is 0 Å². The third-order valence-corrected chi connectivity index (χ3v) is 8.79. The van der Waals surface area contributed by atoms with Crippen LogP contribution in [-0.4, -0.2) is 53.9 Å². The first-order chi connectivity index (χ1) is 21.8. The number of methoxy groups -OCH3 is 2. The first-order valence-corrected chi connectivity index (χ1v) is 15.6. The third kappa shape index (κ3) is 6.72. The predicted molar refractivity (Wildman–Crippen MR) is 172 cm³/mol. The average Bonchev–Trinajstić information content (AvgIpc) is 3.03. The molecule has 6 heteroatoms. The molecule has 230 valence electrons. The minimum Gasteiger partial charge on any atom is -0.496 e. The van der Waals surface area contributed by atoms with Crippen LogP contribution in [0.25, 0.3) is 0 Å². The zero-order valence-corrected chi connectivity index (χ0v) is 25.8. The highest BCUT2D eigenvalue weighted by atomic mass is 16.6. The highest BCUT2D eigenvalue weighted by molar-refractivity contribution is 5.53. The summed E-state index contributed by atoms with van der Waals surface area (Å²) in [7, 11) is 3.51. The summed E-state index contributed by atoms with van der Waals surface area (Å²) in [4.78, 5) is 0. The molecule has 0 N–H and O–H groups in total. The molecule has 0 spiro atoms. The van der Waals surface area contributed by atoms with E-state index in [-0.39, 0.29) is 0 Å². The molecular weight excluding hydrogens is 552 g/mol. The number of fused-ring (bicyclic) bond motifs is 7. The van der Waals surface area contributed by atoms with E-state index in [1.165, 1.54) is 11.1 Å². The molecule has 1 heterocycles. The van der Waals surface area contributed by atoms with Crippen molar-refractivity contribution in [3.63, 3.8) is 0 Å². The van der Waals surface area contributed by atoms with Gasteiger partial charge in [0.1, 0.15) is 36.2 Å². The number of para-hydroxylation sites is 4. The summed E-state index contributed by atoms with van der Waals surface area (Å²) in [5.41, 5.74) is 7.09. The summed E-state index contributed by atoms with van der Waals surface area (Å²) in [6.07, 6.45) is 3.64. The molecule has 6 rings (SSSR count). The van der Waals surface area contributed by atoms with Gasteiger partial charge in [-0.3, -0.25) is 0 Å². The molecule has 6 nitrogen and oxygen atoms in total. The van der Waals surface area contributed by atoms with Crippen LogP contribution in [0, 0.1) is 0 Å². The van der Waals surface area contributed by atoms with E-state index < -0.39 is 0 Å². The second kappa shape index (κ2) is 14.7. The second-order valence-electron chi connectivity index (χ2n) is 11.4. The van der Waals surface area contributed by atoms with Crippen molar-refractivity contribution in [2.75, 3.05) is 53.9 Å². The van der Waals surface area contributed by atoms with Gasteiger partial charge in [-0.05, 0) is 70.2 Å². The molecule has 1 aliphatic carbocycles. The fraction of sp³-hybridized carbons (Fsp3) is 0.368. The fourth-order valence-electron chi connectivity index (χ4n) is 6.53. The van der Waals surface area contributed by atoms with E-state index in [1.807, 2.05) is 24.3 Å². The van der Waals surface area contributed by atoms with Crippen LogP contribution in [0.2, 0.25) is 0 Å². The first kappa shape index (κ1) is 30.0. The van der Waals surface area contributed by atoms with Crippen LogP contribution < -0.4 is 18.9 Å². The standard InChI is InChI=1S/C38H42O6/c1-39-35-15-5-3-9-27(35)25-30-12-8-14-34-32-18-17-31(32)33-13-7-11-29(37(33)40-2)26-28-10-4-6-16-36(28)43-23-21-41-19-20-42-22-24-44-38(30)34/h3-16,31-32H,17-26H2,1-2H3. The van der Waals surface area contributed by atoms with Gasteiger partial charge in [-0.25, -0.2) is 0 Å². The Bertz CT molecular complexity index is 1530. The van der Waals surface area contributed by atoms with Crippen molar-refractivity contribution in [1.82, 2.24) is 0 Å². The summed E-state index contributed by atoms with van der Waals surface area (Å²) in [5.74, 6) is 4.35. The van der Waals surface area contributed by atoms with Gasteiger partial charge in [-0.2, -0.15) is 0 Å². The number of benzene rings is 4. The van der Waals surface area contributed by atoms with Gasteiger partial charge in [0, 0.05) is 12.8 Å². The largest absolute Gasteiger partial charge is 0.496 e. The lowest BCUT2D eigenvalue weighted by molar-refractivity contribution is 0.0270. The molecule has 1 saturated carbocycles. The van der Waals surface area contributed by atoms with Crippen LogP contribution in [-0.2, 0) is 22.3 Å². The summed E-state index contributed by atoms with van der Waals surface area (Å²) in [6, 6.07) is 29.6. The molecule has 0 amide bonds. The number of ether oxygens (including phenoxy) is 6. The maximum Gasteiger partial charge on any atom is 0.126 e. The van der Waals surface area contributed by atoms with E-state index in [1.54, 1.807) is 14.2 Å². The van der Waals surface area contributed by atoms with E-state index in [4.69, 9.17) is 28.4 Å². The minimum absolute atomic E-state index is 0.322. The highest BCUT2D eigenvalue weighted by Gasteiger charge is 2.37. The molecule has 2 unspecified atom stereocenters. The SMILES string of the molecule is COc1ccccc1Cc1cccc2c1OCCOCCOCCOc1ccccc1Cc1cccc(c1OC)C1CCC21. The normalized spacial score (nSPS) is 19.0. The highest BCUT2D eigenvalue weighted by Crippen LogP contribution is 2.54. The summed E-state index contributed by atoms with van der Waals surface area (Å²) >= 11 is 0. The molecule has 4 aromatic carbocycles. The topological polar surface area (TPSA) is 55.4 Å². The van der Waals surface area contributed by atoms with Crippen molar-refractivity contribution >= 4 is 0 Å². The summed E-state index contributed by atoms with van der Waals surface area (Å²) < 4.78 is 36.2. The maximum atomic E-state index is 6.59. The van der Waals surface area contributed by atoms with E-state index in [0.29, 0.717) is 51.5 Å². The van der Waals surface area contributed by atoms with Crippen LogP contribution in [0.4, 0.5) is 0 Å². The predicted octanol–water partition coefficient (Wildman–Crippen LogP) is 7.35. The first-order valence-electron chi connectivity index (χ1n) is 15.6. The van der Waals surface area contributed by atoms with Gasteiger partial charge in [0.15, 0.2) is 0 Å². The molecule has 1 aliphatic heterocycles. The van der Waals surface area contributed by atoms with Crippen LogP contribution in [0.5, 0.6) is 23.0 Å². The van der Waals surface area contributed by atoms with E-state index in [0.717, 1.165) is 70.9 Å². The van der Waals surface area contributed by atoms with Gasteiger partial charge in [-0.15, -0.1) is 0 Å². The minimum atomic E-state index is 0.322. The van der Waals surface area contributed by atoms with Gasteiger partial charge in [-0.1, -0.05) is 72.8 Å². The number of hydrogen-bond acceptors (Lipinski definition) is 6. The Morgan fingerprint density at radius 1 is 0.591 bits per heavy atom. The Morgan fingerprint density at radius 2 is 1.23 bits per heavy atom. The van der Waals surface area contributed by atoms with Gasteiger partial charge in [0.05, 0.1) is 40.6 Å². The summed E-state index contributed by atoms with van der Waals surface area (Å²) in [6.45, 7) is 2.94. The zero-order chi connectivity index (χ0) is 30.1. The number of rotatable bonds is 4. The second-order valence-corrected chi connectivity index (χ2v) is 11.4. The Hall–Kier alpha value is -4.00. The monoisotopic (exact) mass is 594 g/mol. The smallest absolute Gasteiger partial charge is 0.126 e. The van der Waals surface area contributed by atoms with E-state index in [2.05, 4.69) is 60.7 Å². The Labute approximate surface area is 260 Å². The quantitative estimate of drug-likeness (QED) is 0.246. The van der Waals surface area contributed by atoms with Crippen LogP contribution in [0.1, 0.15) is 58.1 Å². The Balaban J connectivity index is 1.37. The molecular formula is C38H42O6. The van der Waals surface area contributed by atoms with Crippen LogP contribution >= 0.6 is 0 Å². The lowest BCUT2D eigenvalue weighted by atomic mass is 9.66. The van der Waals surface area contributed by atoms with Crippen molar-refractivity contribution < 1.29 is 28.4 Å². The Kier molecular flexibility index (Phi) is 10.0. The Morgan fingerprint density at radius 3 is 2.02 bits per heavy atom. The number of hydrogen-bond donors (Lipinski definition) is 0. The fourth-order valence-corrected chi connectivity index (χ4v) is 6.53. The van der Waals surface area contributed by atoms with E-state index in [9.17, 15) is 0 Å². The molecule has 0 saturated heterocycles. The van der Waals surface area contributed by atoms with Gasteiger partial charge >= 0.3 is 0 Å². The average molecular weight is 595 g/mol. The van der Waals surface area contributed by atoms with Gasteiger partial charge < -0.3 is 28.4 Å². The maximum absolute atomic E-state index is 6.59. The lowest BCUT2D eigenvalue weighted by Crippen LogP contribution is -2.24. The van der Waals surface area contributed by atoms with Gasteiger partial charge in [0.25, 0.3) is 0 Å². The third-order valence-electron chi connectivity index (χ3n) is 8.79. The van der Waals surface area contributed by atoms with Crippen LogP contribution in [0.3, 0.4) is 0 Å². The molecule has 2 bridgehead atoms. The molecule has 0 radical (unpaired) electrons. The molecule has 44 heavy (non-hydrogen) atoms. The van der Waals surface area contributed by atoms with Crippen molar-refractivity contribution in [2.45, 2.75) is 37.5 Å². The molecule has 2 aliphatic rings. The summed E-state index contributed by atoms with van der Waals surface area (Å²) in [5, 5.41) is 0. The molecule has 0 aromatic heterocycles.